The molecule has 19 heteroatoms. The Morgan fingerprint density at radius 1 is 0.789 bits per heavy atom. The van der Waals surface area contributed by atoms with Gasteiger partial charge in [0.05, 0.1) is 13.2 Å². The number of likely N-dealkylation sites (tertiary alicyclic amines) is 1. The van der Waals surface area contributed by atoms with Crippen molar-refractivity contribution in [1.82, 2.24) is 41.5 Å². The van der Waals surface area contributed by atoms with Crippen LogP contribution in [0.1, 0.15) is 30.9 Å². The molecule has 0 radical (unpaired) electrons. The molecule has 3 heterocycles. The van der Waals surface area contributed by atoms with Crippen molar-refractivity contribution in [2.24, 2.45) is 5.73 Å². The van der Waals surface area contributed by atoms with E-state index < -0.39 is 84.3 Å². The molecule has 6 amide bonds. The zero-order chi connectivity index (χ0) is 41.2. The van der Waals surface area contributed by atoms with Crippen LogP contribution in [0.4, 0.5) is 0 Å². The van der Waals surface area contributed by atoms with E-state index in [1.165, 1.54) is 11.8 Å². The Balaban J connectivity index is 1.17. The van der Waals surface area contributed by atoms with Crippen molar-refractivity contribution < 1.29 is 43.8 Å². The number of carbonyl (C=O) groups excluding carboxylic acids is 6. The zero-order valence-electron chi connectivity index (χ0n) is 31.1. The number of nitrogens with zero attached hydrogens (tertiary/aromatic N) is 1. The van der Waals surface area contributed by atoms with Crippen LogP contribution in [-0.2, 0) is 46.4 Å². The zero-order valence-corrected chi connectivity index (χ0v) is 32.0. The Hall–Kier alpha value is -5.92. The summed E-state index contributed by atoms with van der Waals surface area (Å²) >= 11 is 4.17. The van der Waals surface area contributed by atoms with E-state index >= 15 is 0 Å². The highest BCUT2D eigenvalue weighted by molar-refractivity contribution is 7.80. The van der Waals surface area contributed by atoms with Gasteiger partial charge in [0, 0.05) is 59.3 Å². The summed E-state index contributed by atoms with van der Waals surface area (Å²) in [6.45, 7) is 0.273. The third kappa shape index (κ3) is 10.3. The van der Waals surface area contributed by atoms with Crippen LogP contribution in [0.3, 0.4) is 0 Å². The Labute approximate surface area is 332 Å². The number of aromatic amines is 2. The molecule has 304 valence electrons. The molecule has 11 N–H and O–H groups in total. The first-order chi connectivity index (χ1) is 27.3. The fraction of sp³-hybridized carbons (Fsp3) is 0.395. The fourth-order valence-corrected chi connectivity index (χ4v) is 7.06. The van der Waals surface area contributed by atoms with Gasteiger partial charge in [-0.1, -0.05) is 36.4 Å². The van der Waals surface area contributed by atoms with Gasteiger partial charge < -0.3 is 57.4 Å². The van der Waals surface area contributed by atoms with Gasteiger partial charge in [-0.05, 0) is 43.0 Å². The van der Waals surface area contributed by atoms with Crippen LogP contribution in [0.5, 0.6) is 0 Å². The molecule has 5 rings (SSSR count). The number of amides is 6. The topological polar surface area (TPSA) is 281 Å². The molecule has 18 nitrogen and oxygen atoms in total. The molecular formula is C38H47N9O9S. The van der Waals surface area contributed by atoms with Crippen molar-refractivity contribution in [3.63, 3.8) is 0 Å². The van der Waals surface area contributed by atoms with Gasteiger partial charge in [0.25, 0.3) is 0 Å². The number of nitrogens with two attached hydrogens (primary N) is 1. The number of nitrogens with one attached hydrogen (secondary N) is 7. The number of hydrogen-bond acceptors (Lipinski definition) is 10. The standard InChI is InChI=1S/C38H47N9O9S/c1-20(42-34(51)27(43-32(49)15-39)13-21-16-40-25-9-4-2-7-23(21)25)33(50)46-30(19-57)35(52)45-29(18-48)37(54)47-12-6-11-31(47)36(53)44-28(38(55)56)14-22-17-41-26-10-5-3-8-24(22)26/h2-5,7-10,16-17,20,27-31,40-41,48,57H,6,11-15,18-19,39H2,1H3,(H,42,51)(H,43,49)(H,44,53)(H,45,52)(H,46,50)(H,55,56). The number of benzene rings is 2. The van der Waals surface area contributed by atoms with Crippen LogP contribution >= 0.6 is 12.6 Å². The number of carboxylic acids is 1. The number of carbonyl (C=O) groups is 7. The van der Waals surface area contributed by atoms with Crippen LogP contribution in [0, 0.1) is 0 Å². The Kier molecular flexibility index (Phi) is 14.3. The van der Waals surface area contributed by atoms with E-state index in [1.807, 2.05) is 48.5 Å². The average Bonchev–Trinajstić information content (AvgIpc) is 3.97. The second kappa shape index (κ2) is 19.3. The third-order valence-corrected chi connectivity index (χ3v) is 10.2. The fourth-order valence-electron chi connectivity index (χ4n) is 6.80. The van der Waals surface area contributed by atoms with E-state index in [1.54, 1.807) is 12.4 Å². The molecule has 1 aliphatic rings. The number of hydrogen-bond donors (Lipinski definition) is 11. The molecule has 2 aromatic heterocycles. The lowest BCUT2D eigenvalue weighted by atomic mass is 10.0. The van der Waals surface area contributed by atoms with Gasteiger partial charge in [0.2, 0.25) is 35.4 Å². The van der Waals surface area contributed by atoms with Gasteiger partial charge >= 0.3 is 5.97 Å². The molecule has 2 aromatic carbocycles. The number of H-pyrrole nitrogens is 2. The SMILES string of the molecule is CC(NC(=O)C(Cc1c[nH]c2ccccc12)NC(=O)CN)C(=O)NC(CS)C(=O)NC(CO)C(=O)N1CCCC1C(=O)NC(Cc1c[nH]c2ccccc12)C(=O)O. The quantitative estimate of drug-likeness (QED) is 0.0537. The minimum Gasteiger partial charge on any atom is -0.480 e. The number of para-hydroxylation sites is 2. The Bertz CT molecular complexity index is 2120. The summed E-state index contributed by atoms with van der Waals surface area (Å²) in [7, 11) is 0. The van der Waals surface area contributed by atoms with E-state index in [9.17, 15) is 43.8 Å². The Morgan fingerprint density at radius 2 is 1.35 bits per heavy atom. The van der Waals surface area contributed by atoms with Crippen molar-refractivity contribution in [1.29, 1.82) is 0 Å². The van der Waals surface area contributed by atoms with E-state index in [0.717, 1.165) is 27.4 Å². The summed E-state index contributed by atoms with van der Waals surface area (Å²) in [6, 6.07) is 7.25. The van der Waals surface area contributed by atoms with E-state index in [4.69, 9.17) is 5.73 Å². The number of aliphatic hydroxyl groups is 1. The number of rotatable bonds is 18. The number of carboxylic acid groups (broad SMARTS) is 1. The first-order valence-electron chi connectivity index (χ1n) is 18.4. The molecular weight excluding hydrogens is 759 g/mol. The van der Waals surface area contributed by atoms with Gasteiger partial charge in [-0.25, -0.2) is 4.79 Å². The first kappa shape index (κ1) is 42.2. The maximum atomic E-state index is 13.6. The van der Waals surface area contributed by atoms with E-state index in [2.05, 4.69) is 49.2 Å². The third-order valence-electron chi connectivity index (χ3n) is 9.85. The normalized spacial score (nSPS) is 16.6. The van der Waals surface area contributed by atoms with Gasteiger partial charge in [0.15, 0.2) is 0 Å². The summed E-state index contributed by atoms with van der Waals surface area (Å²) in [4.78, 5) is 98.7. The monoisotopic (exact) mass is 805 g/mol. The predicted octanol–water partition coefficient (Wildman–Crippen LogP) is -1.17. The van der Waals surface area contributed by atoms with Crippen molar-refractivity contribution >= 4 is 75.8 Å². The lowest BCUT2D eigenvalue weighted by Gasteiger charge is -2.29. The number of thiol groups is 1. The number of aliphatic hydroxyl groups excluding tert-OH is 1. The van der Waals surface area contributed by atoms with Crippen molar-refractivity contribution in [3.05, 3.63) is 72.1 Å². The van der Waals surface area contributed by atoms with Gasteiger partial charge in [-0.2, -0.15) is 12.6 Å². The number of aliphatic carboxylic acids is 1. The molecule has 1 fully saturated rings. The molecule has 6 atom stereocenters. The minimum absolute atomic E-state index is 0.0172. The molecule has 6 unspecified atom stereocenters. The minimum atomic E-state index is -1.51. The smallest absolute Gasteiger partial charge is 0.326 e. The van der Waals surface area contributed by atoms with Crippen molar-refractivity contribution in [2.75, 3.05) is 25.4 Å². The van der Waals surface area contributed by atoms with E-state index in [0.29, 0.717) is 12.0 Å². The van der Waals surface area contributed by atoms with Crippen LogP contribution in [-0.4, -0.2) is 128 Å². The largest absolute Gasteiger partial charge is 0.480 e. The lowest BCUT2D eigenvalue weighted by molar-refractivity contribution is -0.145. The summed E-state index contributed by atoms with van der Waals surface area (Å²) in [5, 5.41) is 34.3. The van der Waals surface area contributed by atoms with Gasteiger partial charge in [-0.3, -0.25) is 28.8 Å². The lowest BCUT2D eigenvalue weighted by Crippen LogP contribution is -2.60. The summed E-state index contributed by atoms with van der Waals surface area (Å²) in [5.74, 6) is -5.89. The van der Waals surface area contributed by atoms with Crippen LogP contribution in [0.25, 0.3) is 21.8 Å². The highest BCUT2D eigenvalue weighted by Gasteiger charge is 2.39. The molecule has 4 aromatic rings. The molecule has 0 saturated carbocycles. The molecule has 0 spiro atoms. The van der Waals surface area contributed by atoms with Crippen LogP contribution < -0.4 is 32.3 Å². The molecule has 57 heavy (non-hydrogen) atoms. The first-order valence-corrected chi connectivity index (χ1v) is 19.0. The van der Waals surface area contributed by atoms with Crippen LogP contribution in [0.2, 0.25) is 0 Å². The predicted molar refractivity (Wildman–Crippen MR) is 212 cm³/mol. The van der Waals surface area contributed by atoms with Gasteiger partial charge in [-0.15, -0.1) is 0 Å². The average molecular weight is 806 g/mol. The maximum absolute atomic E-state index is 13.6. The van der Waals surface area contributed by atoms with Crippen LogP contribution in [0.15, 0.2) is 60.9 Å². The second-order valence-electron chi connectivity index (χ2n) is 13.8. The molecule has 1 saturated heterocycles. The van der Waals surface area contributed by atoms with E-state index in [-0.39, 0.29) is 38.1 Å². The van der Waals surface area contributed by atoms with Crippen molar-refractivity contribution in [3.8, 4) is 0 Å². The summed E-state index contributed by atoms with van der Waals surface area (Å²) in [6.07, 6.45) is 4.10. The number of aromatic nitrogens is 2. The molecule has 0 bridgehead atoms. The maximum Gasteiger partial charge on any atom is 0.326 e. The Morgan fingerprint density at radius 3 is 1.91 bits per heavy atom. The highest BCUT2D eigenvalue weighted by atomic mass is 32.1. The summed E-state index contributed by atoms with van der Waals surface area (Å²) < 4.78 is 0. The highest BCUT2D eigenvalue weighted by Crippen LogP contribution is 2.22. The second-order valence-corrected chi connectivity index (χ2v) is 14.1. The summed E-state index contributed by atoms with van der Waals surface area (Å²) in [5.41, 5.74) is 8.55. The molecule has 0 aliphatic carbocycles. The molecule has 1 aliphatic heterocycles. The van der Waals surface area contributed by atoms with Crippen molar-refractivity contribution in [2.45, 2.75) is 68.9 Å². The number of fused-ring (bicyclic) bond motifs is 2. The van der Waals surface area contributed by atoms with Gasteiger partial charge in [0.1, 0.15) is 36.3 Å².